The van der Waals surface area contributed by atoms with Gasteiger partial charge in [-0.3, -0.25) is 0 Å². The molecule has 2 aromatic rings. The molecular formula is C13H13BrClNO2S2. The molecule has 1 aromatic carbocycles. The van der Waals surface area contributed by atoms with Crippen molar-refractivity contribution >= 4 is 48.9 Å². The minimum absolute atomic E-state index is 0.282. The lowest BCUT2D eigenvalue weighted by molar-refractivity contribution is 0.426. The van der Waals surface area contributed by atoms with Gasteiger partial charge in [0.25, 0.3) is 0 Å². The molecule has 0 N–H and O–H groups in total. The highest BCUT2D eigenvalue weighted by Gasteiger charge is 2.25. The Bertz CT molecular complexity index is 700. The Morgan fingerprint density at radius 1 is 1.25 bits per heavy atom. The molecule has 0 aliphatic carbocycles. The normalized spacial score (nSPS) is 12.0. The van der Waals surface area contributed by atoms with Crippen molar-refractivity contribution < 1.29 is 8.42 Å². The van der Waals surface area contributed by atoms with Crippen LogP contribution in [0.3, 0.4) is 0 Å². The molecule has 3 nitrogen and oxygen atoms in total. The van der Waals surface area contributed by atoms with Crippen molar-refractivity contribution in [2.45, 2.75) is 18.4 Å². The number of thiophene rings is 1. The highest BCUT2D eigenvalue weighted by atomic mass is 79.9. The average Bonchev–Trinajstić information content (AvgIpc) is 2.81. The molecule has 0 saturated carbocycles. The maximum Gasteiger partial charge on any atom is 0.244 e. The number of sulfonamides is 1. The SMILES string of the molecule is CCN(Cc1ccc(Cl)s1)S(=O)(=O)c1ccccc1Br. The third-order valence-corrected chi connectivity index (χ3v) is 6.92. The van der Waals surface area contributed by atoms with E-state index in [0.29, 0.717) is 21.9 Å². The highest BCUT2D eigenvalue weighted by molar-refractivity contribution is 9.10. The molecular weight excluding hydrogens is 382 g/mol. The van der Waals surface area contributed by atoms with Crippen molar-refractivity contribution in [3.63, 3.8) is 0 Å². The highest BCUT2D eigenvalue weighted by Crippen LogP contribution is 2.28. The summed E-state index contributed by atoms with van der Waals surface area (Å²) < 4.78 is 28.0. The zero-order valence-corrected chi connectivity index (χ0v) is 14.7. The van der Waals surface area contributed by atoms with Crippen LogP contribution in [0.25, 0.3) is 0 Å². The smallest absolute Gasteiger partial charge is 0.207 e. The van der Waals surface area contributed by atoms with Crippen molar-refractivity contribution in [2.24, 2.45) is 0 Å². The molecule has 0 unspecified atom stereocenters. The van der Waals surface area contributed by atoms with Crippen molar-refractivity contribution in [3.8, 4) is 0 Å². The maximum absolute atomic E-state index is 12.7. The zero-order chi connectivity index (χ0) is 14.8. The van der Waals surface area contributed by atoms with E-state index in [-0.39, 0.29) is 4.90 Å². The molecule has 2 rings (SSSR count). The van der Waals surface area contributed by atoms with Gasteiger partial charge in [-0.15, -0.1) is 11.3 Å². The summed E-state index contributed by atoms with van der Waals surface area (Å²) in [7, 11) is -3.52. The predicted octanol–water partition coefficient (Wildman–Crippen LogP) is 4.37. The first-order chi connectivity index (χ1) is 9.45. The van der Waals surface area contributed by atoms with Crippen LogP contribution in [0.1, 0.15) is 11.8 Å². The number of benzene rings is 1. The maximum atomic E-state index is 12.7. The largest absolute Gasteiger partial charge is 0.244 e. The van der Waals surface area contributed by atoms with Gasteiger partial charge < -0.3 is 0 Å². The van der Waals surface area contributed by atoms with Gasteiger partial charge in [-0.2, -0.15) is 4.31 Å². The van der Waals surface area contributed by atoms with Crippen LogP contribution >= 0.6 is 38.9 Å². The van der Waals surface area contributed by atoms with Gasteiger partial charge in [0.1, 0.15) is 0 Å². The molecule has 108 valence electrons. The molecule has 1 heterocycles. The summed E-state index contributed by atoms with van der Waals surface area (Å²) in [5.74, 6) is 0. The summed E-state index contributed by atoms with van der Waals surface area (Å²) in [6.07, 6.45) is 0. The number of halogens is 2. The fourth-order valence-corrected chi connectivity index (χ4v) is 5.35. The first-order valence-corrected chi connectivity index (χ1v) is 9.36. The second-order valence-electron chi connectivity index (χ2n) is 4.07. The van der Waals surface area contributed by atoms with E-state index in [4.69, 9.17) is 11.6 Å². The standard InChI is InChI=1S/C13H13BrClNO2S2/c1-2-16(9-10-7-8-13(15)19-10)20(17,18)12-6-4-3-5-11(12)14/h3-8H,2,9H2,1H3. The van der Waals surface area contributed by atoms with E-state index < -0.39 is 10.0 Å². The van der Waals surface area contributed by atoms with Crippen LogP contribution in [0.4, 0.5) is 0 Å². The number of hydrogen-bond donors (Lipinski definition) is 0. The summed E-state index contributed by atoms with van der Waals surface area (Å²) in [6.45, 7) is 2.56. The Labute approximate surface area is 136 Å². The zero-order valence-electron chi connectivity index (χ0n) is 10.7. The molecule has 0 saturated heterocycles. The topological polar surface area (TPSA) is 37.4 Å². The second kappa shape index (κ2) is 6.58. The monoisotopic (exact) mass is 393 g/mol. The molecule has 0 amide bonds. The van der Waals surface area contributed by atoms with Crippen LogP contribution in [0, 0.1) is 0 Å². The lowest BCUT2D eigenvalue weighted by Gasteiger charge is -2.20. The quantitative estimate of drug-likeness (QED) is 0.755. The molecule has 0 radical (unpaired) electrons. The summed E-state index contributed by atoms with van der Waals surface area (Å²) in [4.78, 5) is 1.21. The van der Waals surface area contributed by atoms with Crippen molar-refractivity contribution in [2.75, 3.05) is 6.54 Å². The minimum atomic E-state index is -3.52. The van der Waals surface area contributed by atoms with Crippen LogP contribution in [-0.4, -0.2) is 19.3 Å². The van der Waals surface area contributed by atoms with Gasteiger partial charge in [-0.1, -0.05) is 30.7 Å². The van der Waals surface area contributed by atoms with Crippen molar-refractivity contribution in [3.05, 3.63) is 50.1 Å². The van der Waals surface area contributed by atoms with E-state index in [1.165, 1.54) is 15.6 Å². The van der Waals surface area contributed by atoms with Gasteiger partial charge in [0.15, 0.2) is 0 Å². The van der Waals surface area contributed by atoms with E-state index >= 15 is 0 Å². The third kappa shape index (κ3) is 3.43. The Balaban J connectivity index is 2.33. The Morgan fingerprint density at radius 3 is 2.50 bits per heavy atom. The molecule has 1 aromatic heterocycles. The minimum Gasteiger partial charge on any atom is -0.207 e. The number of nitrogens with zero attached hydrogens (tertiary/aromatic N) is 1. The van der Waals surface area contributed by atoms with E-state index in [0.717, 1.165) is 4.88 Å². The van der Waals surface area contributed by atoms with Crippen LogP contribution in [0.15, 0.2) is 45.8 Å². The first kappa shape index (κ1) is 16.0. The summed E-state index contributed by atoms with van der Waals surface area (Å²) in [5, 5.41) is 0. The Hall–Kier alpha value is -0.400. The lowest BCUT2D eigenvalue weighted by Crippen LogP contribution is -2.30. The van der Waals surface area contributed by atoms with Crippen LogP contribution in [-0.2, 0) is 16.6 Å². The predicted molar refractivity (Wildman–Crippen MR) is 86.7 cm³/mol. The van der Waals surface area contributed by atoms with E-state index in [2.05, 4.69) is 15.9 Å². The molecule has 0 fully saturated rings. The molecule has 7 heteroatoms. The average molecular weight is 395 g/mol. The third-order valence-electron chi connectivity index (χ3n) is 2.77. The van der Waals surface area contributed by atoms with Gasteiger partial charge in [0.2, 0.25) is 10.0 Å². The van der Waals surface area contributed by atoms with E-state index in [1.54, 1.807) is 30.3 Å². The Morgan fingerprint density at radius 2 is 1.95 bits per heavy atom. The van der Waals surface area contributed by atoms with Crippen LogP contribution in [0.2, 0.25) is 4.34 Å². The van der Waals surface area contributed by atoms with Gasteiger partial charge in [-0.05, 0) is 40.2 Å². The van der Waals surface area contributed by atoms with E-state index in [1.807, 2.05) is 13.0 Å². The van der Waals surface area contributed by atoms with Crippen molar-refractivity contribution in [1.29, 1.82) is 0 Å². The summed E-state index contributed by atoms with van der Waals surface area (Å²) in [6, 6.07) is 10.5. The van der Waals surface area contributed by atoms with Gasteiger partial charge in [0, 0.05) is 22.4 Å². The molecule has 0 aliphatic rings. The van der Waals surface area contributed by atoms with E-state index in [9.17, 15) is 8.42 Å². The van der Waals surface area contributed by atoms with Crippen LogP contribution < -0.4 is 0 Å². The van der Waals surface area contributed by atoms with Gasteiger partial charge in [-0.25, -0.2) is 8.42 Å². The molecule has 0 aliphatic heterocycles. The molecule has 0 bridgehead atoms. The Kier molecular flexibility index (Phi) is 5.25. The fraction of sp³-hybridized carbons (Fsp3) is 0.231. The van der Waals surface area contributed by atoms with Gasteiger partial charge >= 0.3 is 0 Å². The lowest BCUT2D eigenvalue weighted by atomic mass is 10.4. The summed E-state index contributed by atoms with van der Waals surface area (Å²) in [5.41, 5.74) is 0. The second-order valence-corrected chi connectivity index (χ2v) is 8.63. The first-order valence-electron chi connectivity index (χ1n) is 5.94. The number of rotatable bonds is 5. The fourth-order valence-electron chi connectivity index (χ4n) is 1.77. The van der Waals surface area contributed by atoms with Crippen molar-refractivity contribution in [1.82, 2.24) is 4.31 Å². The molecule has 0 spiro atoms. The molecule has 0 atom stereocenters. The summed E-state index contributed by atoms with van der Waals surface area (Å²) >= 11 is 10.6. The van der Waals surface area contributed by atoms with Crippen LogP contribution in [0.5, 0.6) is 0 Å². The van der Waals surface area contributed by atoms with Gasteiger partial charge in [0.05, 0.1) is 9.23 Å². The molecule has 20 heavy (non-hydrogen) atoms. The number of hydrogen-bond acceptors (Lipinski definition) is 3.